The minimum atomic E-state index is -3.42. The molecule has 1 aliphatic heterocycles. The van der Waals surface area contributed by atoms with Gasteiger partial charge in [-0.2, -0.15) is 12.7 Å². The number of carbonyl (C=O) groups excluding carboxylic acids is 1. The van der Waals surface area contributed by atoms with Crippen molar-refractivity contribution in [2.75, 3.05) is 13.1 Å². The Balaban J connectivity index is 2.18. The number of rotatable bonds is 4. The Morgan fingerprint density at radius 1 is 1.21 bits per heavy atom. The first-order valence-electron chi connectivity index (χ1n) is 7.35. The third kappa shape index (κ3) is 3.35. The zero-order chi connectivity index (χ0) is 13.9. The van der Waals surface area contributed by atoms with E-state index in [2.05, 4.69) is 4.72 Å². The number of hydrogen-bond donors (Lipinski definition) is 1. The van der Waals surface area contributed by atoms with Crippen LogP contribution in [0.4, 0.5) is 0 Å². The zero-order valence-electron chi connectivity index (χ0n) is 11.6. The molecule has 0 aromatic heterocycles. The van der Waals surface area contributed by atoms with Crippen molar-refractivity contribution in [3.05, 3.63) is 0 Å². The molecule has 1 aliphatic carbocycles. The molecule has 1 saturated carbocycles. The largest absolute Gasteiger partial charge is 0.299 e. The molecule has 2 atom stereocenters. The normalized spacial score (nSPS) is 30.5. The van der Waals surface area contributed by atoms with E-state index in [1.54, 1.807) is 11.2 Å². The van der Waals surface area contributed by atoms with E-state index in [-0.39, 0.29) is 17.7 Å². The molecule has 0 amide bonds. The van der Waals surface area contributed by atoms with E-state index in [0.717, 1.165) is 38.5 Å². The van der Waals surface area contributed by atoms with Crippen molar-refractivity contribution in [2.45, 2.75) is 57.9 Å². The van der Waals surface area contributed by atoms with Crippen LogP contribution in [-0.2, 0) is 15.0 Å². The molecule has 0 bridgehead atoms. The fraction of sp³-hybridized carbons (Fsp3) is 0.923. The summed E-state index contributed by atoms with van der Waals surface area (Å²) in [4.78, 5) is 12.1. The summed E-state index contributed by atoms with van der Waals surface area (Å²) in [6, 6.07) is -0.120. The number of nitrogens with zero attached hydrogens (tertiary/aromatic N) is 1. The maximum absolute atomic E-state index is 12.2. The Labute approximate surface area is 115 Å². The van der Waals surface area contributed by atoms with Crippen LogP contribution in [-0.4, -0.2) is 37.6 Å². The maximum atomic E-state index is 12.2. The van der Waals surface area contributed by atoms with Crippen LogP contribution in [0.15, 0.2) is 0 Å². The van der Waals surface area contributed by atoms with Crippen LogP contribution in [0.1, 0.15) is 51.9 Å². The number of piperidine rings is 1. The summed E-state index contributed by atoms with van der Waals surface area (Å²) in [7, 11) is -3.42. The third-order valence-corrected chi connectivity index (χ3v) is 5.92. The molecule has 2 aliphatic rings. The Kier molecular flexibility index (Phi) is 4.97. The van der Waals surface area contributed by atoms with Crippen LogP contribution in [0.3, 0.4) is 0 Å². The molecule has 1 heterocycles. The molecule has 0 aromatic carbocycles. The molecule has 6 heteroatoms. The summed E-state index contributed by atoms with van der Waals surface area (Å²) >= 11 is 0. The monoisotopic (exact) mass is 288 g/mol. The summed E-state index contributed by atoms with van der Waals surface area (Å²) in [5.41, 5.74) is 0. The second-order valence-corrected chi connectivity index (χ2v) is 7.20. The van der Waals surface area contributed by atoms with E-state index in [0.29, 0.717) is 19.5 Å². The highest BCUT2D eigenvalue weighted by molar-refractivity contribution is 7.87. The van der Waals surface area contributed by atoms with E-state index in [9.17, 15) is 13.2 Å². The van der Waals surface area contributed by atoms with Gasteiger partial charge in [0.25, 0.3) is 10.2 Å². The van der Waals surface area contributed by atoms with Crippen LogP contribution in [0.2, 0.25) is 0 Å². The highest BCUT2D eigenvalue weighted by atomic mass is 32.2. The van der Waals surface area contributed by atoms with E-state index >= 15 is 0 Å². The van der Waals surface area contributed by atoms with Gasteiger partial charge in [0, 0.05) is 31.5 Å². The van der Waals surface area contributed by atoms with Crippen molar-refractivity contribution in [2.24, 2.45) is 5.92 Å². The van der Waals surface area contributed by atoms with Crippen LogP contribution < -0.4 is 4.72 Å². The zero-order valence-corrected chi connectivity index (χ0v) is 12.4. The van der Waals surface area contributed by atoms with Gasteiger partial charge in [-0.15, -0.1) is 0 Å². The average Bonchev–Trinajstić information content (AvgIpc) is 2.39. The topological polar surface area (TPSA) is 66.5 Å². The third-order valence-electron chi connectivity index (χ3n) is 4.20. The number of hydrogen-bond acceptors (Lipinski definition) is 3. The van der Waals surface area contributed by atoms with E-state index in [1.807, 2.05) is 0 Å². The molecule has 0 spiro atoms. The van der Waals surface area contributed by atoms with Gasteiger partial charge < -0.3 is 0 Å². The molecule has 5 nitrogen and oxygen atoms in total. The van der Waals surface area contributed by atoms with Gasteiger partial charge in [-0.25, -0.2) is 4.72 Å². The predicted octanol–water partition coefficient (Wildman–Crippen LogP) is 1.45. The van der Waals surface area contributed by atoms with Crippen molar-refractivity contribution in [1.29, 1.82) is 0 Å². The SMILES string of the molecule is CCNS(=O)(=O)N1CCCCC1C1CCCCC1=O. The summed E-state index contributed by atoms with van der Waals surface area (Å²) < 4.78 is 28.6. The maximum Gasteiger partial charge on any atom is 0.279 e. The van der Waals surface area contributed by atoms with Crippen molar-refractivity contribution in [3.63, 3.8) is 0 Å². The fourth-order valence-electron chi connectivity index (χ4n) is 3.31. The predicted molar refractivity (Wildman–Crippen MR) is 73.9 cm³/mol. The van der Waals surface area contributed by atoms with Gasteiger partial charge in [0.2, 0.25) is 0 Å². The first-order chi connectivity index (χ1) is 9.06. The van der Waals surface area contributed by atoms with Gasteiger partial charge in [0.05, 0.1) is 0 Å². The lowest BCUT2D eigenvalue weighted by Gasteiger charge is -2.39. The number of Topliss-reactive ketones (excluding diaryl/α,β-unsaturated/α-hetero) is 1. The first kappa shape index (κ1) is 14.9. The molecule has 0 aromatic rings. The van der Waals surface area contributed by atoms with Gasteiger partial charge in [0.1, 0.15) is 5.78 Å². The van der Waals surface area contributed by atoms with Gasteiger partial charge in [-0.1, -0.05) is 19.8 Å². The fourth-order valence-corrected chi connectivity index (χ4v) is 4.82. The van der Waals surface area contributed by atoms with E-state index in [1.165, 1.54) is 0 Å². The minimum Gasteiger partial charge on any atom is -0.299 e. The standard InChI is InChI=1S/C13H24N2O3S/c1-2-14-19(17,18)15-10-6-5-8-12(15)11-7-3-4-9-13(11)16/h11-12,14H,2-10H2,1H3. The number of nitrogens with one attached hydrogen (secondary N) is 1. The van der Waals surface area contributed by atoms with E-state index in [4.69, 9.17) is 0 Å². The van der Waals surface area contributed by atoms with Crippen LogP contribution >= 0.6 is 0 Å². The molecule has 2 unspecified atom stereocenters. The minimum absolute atomic E-state index is 0.0810. The lowest BCUT2D eigenvalue weighted by molar-refractivity contribution is -0.126. The van der Waals surface area contributed by atoms with Crippen LogP contribution in [0, 0.1) is 5.92 Å². The molecule has 1 N–H and O–H groups in total. The van der Waals surface area contributed by atoms with Gasteiger partial charge >= 0.3 is 0 Å². The summed E-state index contributed by atoms with van der Waals surface area (Å²) in [6.45, 7) is 2.72. The van der Waals surface area contributed by atoms with E-state index < -0.39 is 10.2 Å². The van der Waals surface area contributed by atoms with Crippen LogP contribution in [0.25, 0.3) is 0 Å². The Morgan fingerprint density at radius 2 is 1.95 bits per heavy atom. The Morgan fingerprint density at radius 3 is 2.63 bits per heavy atom. The molecule has 2 fully saturated rings. The van der Waals surface area contributed by atoms with Gasteiger partial charge in [-0.05, 0) is 25.7 Å². The quantitative estimate of drug-likeness (QED) is 0.851. The van der Waals surface area contributed by atoms with Crippen LogP contribution in [0.5, 0.6) is 0 Å². The van der Waals surface area contributed by atoms with Crippen molar-refractivity contribution in [1.82, 2.24) is 9.03 Å². The molecule has 2 rings (SSSR count). The Hall–Kier alpha value is -0.460. The second-order valence-electron chi connectivity index (χ2n) is 5.50. The van der Waals surface area contributed by atoms with Crippen molar-refractivity contribution in [3.8, 4) is 0 Å². The number of ketones is 1. The second kappa shape index (κ2) is 6.33. The summed E-state index contributed by atoms with van der Waals surface area (Å²) in [5.74, 6) is 0.178. The van der Waals surface area contributed by atoms with Gasteiger partial charge in [-0.3, -0.25) is 4.79 Å². The molecule has 19 heavy (non-hydrogen) atoms. The smallest absolute Gasteiger partial charge is 0.279 e. The lowest BCUT2D eigenvalue weighted by Crippen LogP contribution is -2.53. The van der Waals surface area contributed by atoms with Crippen molar-refractivity contribution < 1.29 is 13.2 Å². The molecule has 1 saturated heterocycles. The summed E-state index contributed by atoms with van der Waals surface area (Å²) in [5, 5.41) is 0. The van der Waals surface area contributed by atoms with Gasteiger partial charge in [0.15, 0.2) is 0 Å². The highest BCUT2D eigenvalue weighted by Gasteiger charge is 2.40. The molecular weight excluding hydrogens is 264 g/mol. The molecule has 110 valence electrons. The Bertz CT molecular complexity index is 422. The summed E-state index contributed by atoms with van der Waals surface area (Å²) in [6.07, 6.45) is 6.21. The average molecular weight is 288 g/mol. The molecule has 0 radical (unpaired) electrons. The first-order valence-corrected chi connectivity index (χ1v) is 8.79. The number of carbonyl (C=O) groups is 1. The molecular formula is C13H24N2O3S. The lowest BCUT2D eigenvalue weighted by atomic mass is 9.80. The highest BCUT2D eigenvalue weighted by Crippen LogP contribution is 2.32. The van der Waals surface area contributed by atoms with Crippen molar-refractivity contribution >= 4 is 16.0 Å².